The van der Waals surface area contributed by atoms with Crippen LogP contribution in [0.25, 0.3) is 0 Å². The van der Waals surface area contributed by atoms with Crippen LogP contribution in [0.2, 0.25) is 5.02 Å². The van der Waals surface area contributed by atoms with Crippen molar-refractivity contribution in [3.8, 4) is 0 Å². The fraction of sp³-hybridized carbons (Fsp3) is 0.500. The number of nitro groups is 1. The molecule has 7 heteroatoms. The lowest BCUT2D eigenvalue weighted by Crippen LogP contribution is -2.33. The third-order valence-electron chi connectivity index (χ3n) is 3.84. The Bertz CT molecular complexity index is 550. The summed E-state index contributed by atoms with van der Waals surface area (Å²) < 4.78 is 0. The van der Waals surface area contributed by atoms with Gasteiger partial charge in [0.05, 0.1) is 21.6 Å². The molecule has 6 nitrogen and oxygen atoms in total. The number of hydrogen-bond donors (Lipinski definition) is 2. The van der Waals surface area contributed by atoms with Crippen molar-refractivity contribution in [1.82, 2.24) is 0 Å². The highest BCUT2D eigenvalue weighted by molar-refractivity contribution is 6.33. The molecule has 0 radical (unpaired) electrons. The molecule has 2 unspecified atom stereocenters. The molecule has 0 aliphatic heterocycles. The van der Waals surface area contributed by atoms with Crippen LogP contribution in [0.3, 0.4) is 0 Å². The molecule has 1 aliphatic rings. The second-order valence-corrected chi connectivity index (χ2v) is 5.66. The number of nitrogens with one attached hydrogen (secondary N) is 1. The van der Waals surface area contributed by atoms with Crippen LogP contribution in [-0.2, 0) is 4.79 Å². The van der Waals surface area contributed by atoms with E-state index in [1.807, 2.05) is 0 Å². The van der Waals surface area contributed by atoms with Gasteiger partial charge in [-0.2, -0.15) is 0 Å². The molecular formula is C14H17ClN2O4. The average Bonchev–Trinajstić information content (AvgIpc) is 2.66. The van der Waals surface area contributed by atoms with Crippen molar-refractivity contribution in [3.05, 3.63) is 33.3 Å². The maximum atomic E-state index is 11.4. The van der Waals surface area contributed by atoms with E-state index >= 15 is 0 Å². The van der Waals surface area contributed by atoms with E-state index in [9.17, 15) is 20.0 Å². The molecule has 2 atom stereocenters. The molecule has 0 amide bonds. The maximum absolute atomic E-state index is 11.4. The number of non-ortho nitro benzene ring substituents is 1. The van der Waals surface area contributed by atoms with Crippen molar-refractivity contribution >= 4 is 28.9 Å². The molecule has 1 saturated carbocycles. The van der Waals surface area contributed by atoms with Gasteiger partial charge in [-0.1, -0.05) is 30.9 Å². The second kappa shape index (κ2) is 6.76. The summed E-state index contributed by atoms with van der Waals surface area (Å²) in [6.45, 7) is 0. The molecular weight excluding hydrogens is 296 g/mol. The summed E-state index contributed by atoms with van der Waals surface area (Å²) in [5.74, 6) is -1.27. The number of carbonyl (C=O) groups is 1. The summed E-state index contributed by atoms with van der Waals surface area (Å²) >= 11 is 6.05. The lowest BCUT2D eigenvalue weighted by molar-refractivity contribution is -0.384. The van der Waals surface area contributed by atoms with Crippen molar-refractivity contribution in [2.24, 2.45) is 5.92 Å². The van der Waals surface area contributed by atoms with E-state index in [4.69, 9.17) is 11.6 Å². The fourth-order valence-corrected chi connectivity index (χ4v) is 2.94. The minimum Gasteiger partial charge on any atom is -0.481 e. The van der Waals surface area contributed by atoms with Crippen molar-refractivity contribution in [2.75, 3.05) is 5.32 Å². The van der Waals surface area contributed by atoms with Crippen molar-refractivity contribution < 1.29 is 14.8 Å². The number of benzene rings is 1. The number of rotatable bonds is 4. The van der Waals surface area contributed by atoms with Gasteiger partial charge in [-0.15, -0.1) is 0 Å². The van der Waals surface area contributed by atoms with Gasteiger partial charge in [-0.25, -0.2) is 0 Å². The zero-order valence-electron chi connectivity index (χ0n) is 11.4. The molecule has 0 spiro atoms. The lowest BCUT2D eigenvalue weighted by Gasteiger charge is -2.24. The Morgan fingerprint density at radius 1 is 1.33 bits per heavy atom. The number of nitrogens with zero attached hydrogens (tertiary/aromatic N) is 1. The standard InChI is InChI=1S/C14H17ClN2O4/c15-11-8-9(17(20)21)6-7-13(11)16-12-5-3-1-2-4-10(12)14(18)19/h6-8,10,12,16H,1-5H2,(H,18,19). The van der Waals surface area contributed by atoms with E-state index < -0.39 is 16.8 Å². The smallest absolute Gasteiger partial charge is 0.308 e. The Balaban J connectivity index is 2.18. The van der Waals surface area contributed by atoms with Gasteiger partial charge in [0.2, 0.25) is 0 Å². The monoisotopic (exact) mass is 312 g/mol. The number of halogens is 1. The zero-order valence-corrected chi connectivity index (χ0v) is 12.2. The Morgan fingerprint density at radius 2 is 2.05 bits per heavy atom. The molecule has 114 valence electrons. The molecule has 0 heterocycles. The molecule has 2 N–H and O–H groups in total. The van der Waals surface area contributed by atoms with Crippen molar-refractivity contribution in [1.29, 1.82) is 0 Å². The van der Waals surface area contributed by atoms with E-state index in [2.05, 4.69) is 5.32 Å². The van der Waals surface area contributed by atoms with Gasteiger partial charge in [-0.3, -0.25) is 14.9 Å². The first kappa shape index (κ1) is 15.6. The summed E-state index contributed by atoms with van der Waals surface area (Å²) in [7, 11) is 0. The molecule has 2 rings (SSSR count). The number of aliphatic carboxylic acids is 1. The first-order chi connectivity index (χ1) is 9.99. The molecule has 1 aliphatic carbocycles. The van der Waals surface area contributed by atoms with E-state index in [1.54, 1.807) is 0 Å². The predicted molar refractivity (Wildman–Crippen MR) is 79.7 cm³/mol. The summed E-state index contributed by atoms with van der Waals surface area (Å²) in [6, 6.07) is 3.96. The summed E-state index contributed by atoms with van der Waals surface area (Å²) in [6.07, 6.45) is 4.28. The number of carboxylic acids is 1. The van der Waals surface area contributed by atoms with Crippen LogP contribution in [0.5, 0.6) is 0 Å². The topological polar surface area (TPSA) is 92.5 Å². The molecule has 21 heavy (non-hydrogen) atoms. The number of anilines is 1. The van der Waals surface area contributed by atoms with Gasteiger partial charge in [-0.05, 0) is 18.9 Å². The van der Waals surface area contributed by atoms with Crippen LogP contribution < -0.4 is 5.32 Å². The van der Waals surface area contributed by atoms with Crippen molar-refractivity contribution in [2.45, 2.75) is 38.1 Å². The van der Waals surface area contributed by atoms with Gasteiger partial charge in [0.1, 0.15) is 0 Å². The molecule has 1 fully saturated rings. The van der Waals surface area contributed by atoms with Crippen LogP contribution in [0.1, 0.15) is 32.1 Å². The second-order valence-electron chi connectivity index (χ2n) is 5.25. The van der Waals surface area contributed by atoms with E-state index in [0.29, 0.717) is 12.1 Å². The lowest BCUT2D eigenvalue weighted by atomic mass is 9.94. The van der Waals surface area contributed by atoms with Gasteiger partial charge >= 0.3 is 5.97 Å². The predicted octanol–water partition coefficient (Wildman–Crippen LogP) is 3.69. The number of nitro benzene ring substituents is 1. The summed E-state index contributed by atoms with van der Waals surface area (Å²) in [5, 5.41) is 23.4. The number of hydrogen-bond acceptors (Lipinski definition) is 4. The van der Waals surface area contributed by atoms with Crippen LogP contribution in [-0.4, -0.2) is 22.0 Å². The summed E-state index contributed by atoms with van der Waals surface area (Å²) in [4.78, 5) is 21.6. The first-order valence-corrected chi connectivity index (χ1v) is 7.30. The Morgan fingerprint density at radius 3 is 2.67 bits per heavy atom. The third kappa shape index (κ3) is 3.85. The van der Waals surface area contributed by atoms with E-state index in [0.717, 1.165) is 25.7 Å². The van der Waals surface area contributed by atoms with Crippen molar-refractivity contribution in [3.63, 3.8) is 0 Å². The first-order valence-electron chi connectivity index (χ1n) is 6.92. The highest BCUT2D eigenvalue weighted by atomic mass is 35.5. The van der Waals surface area contributed by atoms with Crippen LogP contribution in [0.4, 0.5) is 11.4 Å². The minimum atomic E-state index is -0.813. The van der Waals surface area contributed by atoms with Crippen LogP contribution >= 0.6 is 11.6 Å². The third-order valence-corrected chi connectivity index (χ3v) is 4.15. The van der Waals surface area contributed by atoms with E-state index in [1.165, 1.54) is 18.2 Å². The summed E-state index contributed by atoms with van der Waals surface area (Å²) in [5.41, 5.74) is 0.460. The Labute approximate surface area is 127 Å². The van der Waals surface area contributed by atoms with Gasteiger partial charge in [0, 0.05) is 18.2 Å². The average molecular weight is 313 g/mol. The van der Waals surface area contributed by atoms with Gasteiger partial charge < -0.3 is 10.4 Å². The van der Waals surface area contributed by atoms with Gasteiger partial charge in [0.25, 0.3) is 5.69 Å². The normalized spacial score (nSPS) is 22.3. The molecule has 0 aromatic heterocycles. The van der Waals surface area contributed by atoms with Crippen LogP contribution in [0.15, 0.2) is 18.2 Å². The Kier molecular flexibility index (Phi) is 5.01. The molecule has 1 aromatic rings. The SMILES string of the molecule is O=C(O)C1CCCCCC1Nc1ccc([N+](=O)[O-])cc1Cl. The zero-order chi connectivity index (χ0) is 15.4. The fourth-order valence-electron chi connectivity index (χ4n) is 2.71. The maximum Gasteiger partial charge on any atom is 0.308 e. The highest BCUT2D eigenvalue weighted by Crippen LogP contribution is 2.31. The minimum absolute atomic E-state index is 0.0822. The Hall–Kier alpha value is -1.82. The largest absolute Gasteiger partial charge is 0.481 e. The molecule has 0 bridgehead atoms. The quantitative estimate of drug-likeness (QED) is 0.502. The molecule has 0 saturated heterocycles. The van der Waals surface area contributed by atoms with Crippen LogP contribution in [0, 0.1) is 16.0 Å². The van der Waals surface area contributed by atoms with Gasteiger partial charge in [0.15, 0.2) is 0 Å². The number of carboxylic acid groups (broad SMARTS) is 1. The highest BCUT2D eigenvalue weighted by Gasteiger charge is 2.29. The molecule has 1 aromatic carbocycles. The van der Waals surface area contributed by atoms with E-state index in [-0.39, 0.29) is 16.8 Å².